The maximum atomic E-state index is 13.5. The third-order valence-corrected chi connectivity index (χ3v) is 9.52. The Balaban J connectivity index is 1.66. The topological polar surface area (TPSA) is 105 Å². The van der Waals surface area contributed by atoms with E-state index in [1.807, 2.05) is 67.3 Å². The third kappa shape index (κ3) is 6.73. The highest BCUT2D eigenvalue weighted by molar-refractivity contribution is 8.16. The lowest BCUT2D eigenvalue weighted by molar-refractivity contribution is -0.119. The van der Waals surface area contributed by atoms with Crippen LogP contribution in [-0.4, -0.2) is 60.0 Å². The molecule has 4 rings (SSSR count). The normalized spacial score (nSPS) is 22.5. The predicted octanol–water partition coefficient (Wildman–Crippen LogP) is 4.04. The lowest BCUT2D eigenvalue weighted by Crippen LogP contribution is -2.45. The molecular formula is C27H33N3O5S2. The van der Waals surface area contributed by atoms with Gasteiger partial charge in [-0.05, 0) is 63.4 Å². The van der Waals surface area contributed by atoms with Crippen LogP contribution in [0.2, 0.25) is 0 Å². The number of aliphatic imine (C=N–C) groups is 1. The summed E-state index contributed by atoms with van der Waals surface area (Å²) >= 11 is 1.31. The van der Waals surface area contributed by atoms with Crippen molar-refractivity contribution in [3.05, 3.63) is 65.2 Å². The largest absolute Gasteiger partial charge is 0.444 e. The van der Waals surface area contributed by atoms with Gasteiger partial charge in [0.25, 0.3) is 5.91 Å². The van der Waals surface area contributed by atoms with Crippen molar-refractivity contribution in [2.24, 2.45) is 4.99 Å². The summed E-state index contributed by atoms with van der Waals surface area (Å²) in [6.07, 6.45) is -0.458. The third-order valence-electron chi connectivity index (χ3n) is 6.31. The van der Waals surface area contributed by atoms with Crippen molar-refractivity contribution in [2.45, 2.75) is 64.0 Å². The molecule has 0 radical (unpaired) electrons. The van der Waals surface area contributed by atoms with Gasteiger partial charge in [0.1, 0.15) is 11.6 Å². The first-order chi connectivity index (χ1) is 17.3. The van der Waals surface area contributed by atoms with Crippen molar-refractivity contribution in [3.63, 3.8) is 0 Å². The van der Waals surface area contributed by atoms with E-state index in [1.165, 1.54) is 11.8 Å². The van der Waals surface area contributed by atoms with E-state index in [4.69, 9.17) is 4.74 Å². The molecule has 0 saturated carbocycles. The van der Waals surface area contributed by atoms with Crippen LogP contribution in [-0.2, 0) is 25.8 Å². The van der Waals surface area contributed by atoms with Crippen molar-refractivity contribution in [1.82, 2.24) is 5.32 Å². The number of alkyl carbamates (subject to hydrolysis) is 1. The van der Waals surface area contributed by atoms with Crippen molar-refractivity contribution in [2.75, 3.05) is 16.4 Å². The second-order valence-corrected chi connectivity index (χ2v) is 13.9. The Bertz CT molecular complexity index is 1320. The van der Waals surface area contributed by atoms with E-state index in [0.717, 1.165) is 22.4 Å². The average Bonchev–Trinajstić information content (AvgIpc) is 3.25. The predicted molar refractivity (Wildman–Crippen MR) is 148 cm³/mol. The number of hydrogen-bond donors (Lipinski definition) is 1. The van der Waals surface area contributed by atoms with E-state index >= 15 is 0 Å². The Morgan fingerprint density at radius 2 is 1.81 bits per heavy atom. The number of thioether (sulfide) groups is 1. The smallest absolute Gasteiger partial charge is 0.408 e. The van der Waals surface area contributed by atoms with E-state index in [-0.39, 0.29) is 29.2 Å². The molecule has 0 aromatic heterocycles. The molecule has 3 unspecified atom stereocenters. The van der Waals surface area contributed by atoms with Crippen LogP contribution in [0.15, 0.2) is 53.5 Å². The number of carbonyl (C=O) groups is 2. The number of nitrogens with one attached hydrogen (secondary N) is 1. The Morgan fingerprint density at radius 1 is 1.11 bits per heavy atom. The molecule has 198 valence electrons. The van der Waals surface area contributed by atoms with E-state index in [9.17, 15) is 18.0 Å². The molecule has 2 fully saturated rings. The number of nitrogens with zero attached hydrogens (tertiary/aromatic N) is 2. The van der Waals surface area contributed by atoms with Gasteiger partial charge < -0.3 is 15.0 Å². The summed E-state index contributed by atoms with van der Waals surface area (Å²) < 4.78 is 30.2. The molecule has 2 amide bonds. The van der Waals surface area contributed by atoms with E-state index in [1.54, 1.807) is 20.8 Å². The number of sulfone groups is 1. The molecule has 2 aliphatic rings. The molecular weight excluding hydrogens is 510 g/mol. The van der Waals surface area contributed by atoms with Gasteiger partial charge in [-0.15, -0.1) is 0 Å². The number of ether oxygens (including phenoxy) is 1. The number of anilines is 1. The number of fused-ring (bicyclic) bond motifs is 1. The maximum Gasteiger partial charge on any atom is 0.408 e. The van der Waals surface area contributed by atoms with Gasteiger partial charge in [0.15, 0.2) is 15.0 Å². The molecule has 2 aromatic rings. The van der Waals surface area contributed by atoms with Crippen LogP contribution < -0.4 is 10.2 Å². The van der Waals surface area contributed by atoms with Crippen LogP contribution in [0.25, 0.3) is 0 Å². The van der Waals surface area contributed by atoms with Gasteiger partial charge in [-0.3, -0.25) is 4.79 Å². The molecule has 0 spiro atoms. The van der Waals surface area contributed by atoms with Crippen LogP contribution >= 0.6 is 11.8 Å². The molecule has 3 atom stereocenters. The number of rotatable bonds is 5. The summed E-state index contributed by atoms with van der Waals surface area (Å²) in [6, 6.07) is 14.0. The second kappa shape index (κ2) is 10.5. The van der Waals surface area contributed by atoms with Crippen LogP contribution in [0.3, 0.4) is 0 Å². The quantitative estimate of drug-likeness (QED) is 0.607. The fraction of sp³-hybridized carbons (Fsp3) is 0.444. The summed E-state index contributed by atoms with van der Waals surface area (Å²) in [6.45, 7) is 9.27. The molecule has 8 nitrogen and oxygen atoms in total. The first-order valence-corrected chi connectivity index (χ1v) is 14.9. The Labute approximate surface area is 222 Å². The first-order valence-electron chi connectivity index (χ1n) is 12.2. The van der Waals surface area contributed by atoms with Crippen molar-refractivity contribution < 1.29 is 22.7 Å². The van der Waals surface area contributed by atoms with E-state index < -0.39 is 33.5 Å². The number of amides is 2. The Kier molecular flexibility index (Phi) is 7.71. The van der Waals surface area contributed by atoms with Crippen molar-refractivity contribution in [3.8, 4) is 0 Å². The van der Waals surface area contributed by atoms with Gasteiger partial charge >= 0.3 is 6.09 Å². The fourth-order valence-corrected chi connectivity index (χ4v) is 8.33. The number of benzene rings is 2. The van der Waals surface area contributed by atoms with Crippen LogP contribution in [0.5, 0.6) is 0 Å². The van der Waals surface area contributed by atoms with Crippen molar-refractivity contribution in [1.29, 1.82) is 0 Å². The monoisotopic (exact) mass is 543 g/mol. The zero-order valence-corrected chi connectivity index (χ0v) is 23.4. The molecule has 2 saturated heterocycles. The minimum absolute atomic E-state index is 0.00834. The van der Waals surface area contributed by atoms with Gasteiger partial charge in [-0.2, -0.15) is 4.99 Å². The lowest BCUT2D eigenvalue weighted by atomic mass is 10.1. The first kappa shape index (κ1) is 27.2. The van der Waals surface area contributed by atoms with E-state index in [2.05, 4.69) is 10.3 Å². The van der Waals surface area contributed by atoms with E-state index in [0.29, 0.717) is 5.17 Å². The lowest BCUT2D eigenvalue weighted by Gasteiger charge is -2.26. The van der Waals surface area contributed by atoms with Gasteiger partial charge in [0.2, 0.25) is 0 Å². The maximum absolute atomic E-state index is 13.5. The molecule has 1 N–H and O–H groups in total. The Hall–Kier alpha value is -2.85. The molecule has 37 heavy (non-hydrogen) atoms. The average molecular weight is 544 g/mol. The number of amidine groups is 1. The van der Waals surface area contributed by atoms with Crippen LogP contribution in [0.1, 0.15) is 37.5 Å². The van der Waals surface area contributed by atoms with Gasteiger partial charge in [0, 0.05) is 17.4 Å². The highest BCUT2D eigenvalue weighted by atomic mass is 32.2. The number of aryl methyl sites for hydroxylation is 2. The minimum atomic E-state index is -3.18. The molecule has 0 bridgehead atoms. The van der Waals surface area contributed by atoms with Crippen LogP contribution in [0.4, 0.5) is 10.5 Å². The fourth-order valence-electron chi connectivity index (χ4n) is 4.41. The second-order valence-electron chi connectivity index (χ2n) is 10.6. The highest BCUT2D eigenvalue weighted by Gasteiger charge is 2.49. The standard InChI is InChI=1S/C27H33N3O5S2/c1-17-11-12-20(13-18(17)2)30-22-15-37(33,34)16-23(22)36-25(30)29-24(31)21(14-19-9-7-6-8-10-19)28-26(32)35-27(3,4)5/h6-13,21-23H,14-16H2,1-5H3,(H,28,32). The molecule has 0 aliphatic carbocycles. The summed E-state index contributed by atoms with van der Waals surface area (Å²) in [4.78, 5) is 32.4. The highest BCUT2D eigenvalue weighted by Crippen LogP contribution is 2.41. The number of hydrogen-bond acceptors (Lipinski definition) is 6. The minimum Gasteiger partial charge on any atom is -0.444 e. The Morgan fingerprint density at radius 3 is 2.46 bits per heavy atom. The molecule has 10 heteroatoms. The van der Waals surface area contributed by atoms with Gasteiger partial charge in [-0.25, -0.2) is 13.2 Å². The van der Waals surface area contributed by atoms with Gasteiger partial charge in [0.05, 0.1) is 17.5 Å². The summed E-state index contributed by atoms with van der Waals surface area (Å²) in [5, 5.41) is 2.92. The summed E-state index contributed by atoms with van der Waals surface area (Å²) in [7, 11) is -3.18. The van der Waals surface area contributed by atoms with Crippen LogP contribution in [0, 0.1) is 13.8 Å². The molecule has 2 aliphatic heterocycles. The SMILES string of the molecule is Cc1ccc(N2C(=NC(=O)C(Cc3ccccc3)NC(=O)OC(C)(C)C)SC3CS(=O)(=O)CC32)cc1C. The van der Waals surface area contributed by atoms with Gasteiger partial charge in [-0.1, -0.05) is 48.2 Å². The summed E-state index contributed by atoms with van der Waals surface area (Å²) in [5.41, 5.74) is 3.12. The zero-order valence-electron chi connectivity index (χ0n) is 21.7. The number of carbonyl (C=O) groups excluding carboxylic acids is 2. The summed E-state index contributed by atoms with van der Waals surface area (Å²) in [5.74, 6) is -0.469. The zero-order chi connectivity index (χ0) is 27.0. The molecule has 2 heterocycles. The van der Waals surface area contributed by atoms with Crippen molar-refractivity contribution >= 4 is 44.5 Å². The molecule has 2 aromatic carbocycles.